The zero-order valence-corrected chi connectivity index (χ0v) is 11.6. The lowest BCUT2D eigenvalue weighted by Gasteiger charge is -2.31. The molecule has 1 heterocycles. The predicted molar refractivity (Wildman–Crippen MR) is 73.5 cm³/mol. The molecule has 0 aliphatic carbocycles. The highest BCUT2D eigenvalue weighted by Crippen LogP contribution is 2.18. The predicted octanol–water partition coefficient (Wildman–Crippen LogP) is 1.35. The van der Waals surface area contributed by atoms with E-state index >= 15 is 0 Å². The standard InChI is InChI=1S/C15H19FN2O2/c1-17-15(20)11-6-8-18(9-7-11)14(19)10-12-4-2-3-5-13(12)16/h2-5,11H,6-10H2,1H3,(H,17,20). The number of nitrogens with one attached hydrogen (secondary N) is 1. The fourth-order valence-electron chi connectivity index (χ4n) is 2.51. The third kappa shape index (κ3) is 3.35. The van der Waals surface area contributed by atoms with Crippen molar-refractivity contribution in [2.75, 3.05) is 20.1 Å². The largest absolute Gasteiger partial charge is 0.359 e. The molecule has 4 nitrogen and oxygen atoms in total. The maximum absolute atomic E-state index is 13.5. The van der Waals surface area contributed by atoms with Crippen LogP contribution >= 0.6 is 0 Å². The average molecular weight is 278 g/mol. The van der Waals surface area contributed by atoms with Crippen LogP contribution in [0.1, 0.15) is 18.4 Å². The molecule has 1 saturated heterocycles. The van der Waals surface area contributed by atoms with Crippen LogP contribution < -0.4 is 5.32 Å². The molecule has 0 spiro atoms. The quantitative estimate of drug-likeness (QED) is 0.907. The first kappa shape index (κ1) is 14.5. The highest BCUT2D eigenvalue weighted by molar-refractivity contribution is 5.80. The molecule has 1 N–H and O–H groups in total. The second-order valence-corrected chi connectivity index (χ2v) is 5.04. The number of hydrogen-bond donors (Lipinski definition) is 1. The smallest absolute Gasteiger partial charge is 0.227 e. The van der Waals surface area contributed by atoms with Crippen LogP contribution in [0.25, 0.3) is 0 Å². The van der Waals surface area contributed by atoms with Crippen molar-refractivity contribution in [3.63, 3.8) is 0 Å². The lowest BCUT2D eigenvalue weighted by molar-refractivity contribution is -0.135. The monoisotopic (exact) mass is 278 g/mol. The van der Waals surface area contributed by atoms with Crippen molar-refractivity contribution in [2.24, 2.45) is 5.92 Å². The van der Waals surface area contributed by atoms with Gasteiger partial charge in [0.15, 0.2) is 0 Å². The number of likely N-dealkylation sites (tertiary alicyclic amines) is 1. The Balaban J connectivity index is 1.89. The molecule has 1 aromatic rings. The number of piperidine rings is 1. The second kappa shape index (κ2) is 6.50. The van der Waals surface area contributed by atoms with E-state index in [0.717, 1.165) is 0 Å². The molecule has 0 atom stereocenters. The van der Waals surface area contributed by atoms with E-state index in [0.29, 0.717) is 31.5 Å². The van der Waals surface area contributed by atoms with E-state index in [2.05, 4.69) is 5.32 Å². The van der Waals surface area contributed by atoms with Crippen LogP contribution in [0.2, 0.25) is 0 Å². The Labute approximate surface area is 118 Å². The minimum atomic E-state index is -0.346. The van der Waals surface area contributed by atoms with Crippen molar-refractivity contribution >= 4 is 11.8 Å². The van der Waals surface area contributed by atoms with Gasteiger partial charge in [-0.3, -0.25) is 9.59 Å². The molecule has 20 heavy (non-hydrogen) atoms. The number of nitrogens with zero attached hydrogens (tertiary/aromatic N) is 1. The first-order valence-corrected chi connectivity index (χ1v) is 6.84. The molecule has 108 valence electrons. The van der Waals surface area contributed by atoms with Crippen molar-refractivity contribution in [1.29, 1.82) is 0 Å². The van der Waals surface area contributed by atoms with Crippen molar-refractivity contribution in [1.82, 2.24) is 10.2 Å². The minimum absolute atomic E-state index is 0.0162. The summed E-state index contributed by atoms with van der Waals surface area (Å²) in [4.78, 5) is 25.4. The summed E-state index contributed by atoms with van der Waals surface area (Å²) in [6.45, 7) is 1.12. The van der Waals surface area contributed by atoms with Gasteiger partial charge >= 0.3 is 0 Å². The molecule has 1 aliphatic heterocycles. The molecule has 2 amide bonds. The number of benzene rings is 1. The molecule has 0 aromatic heterocycles. The summed E-state index contributed by atoms with van der Waals surface area (Å²) in [5, 5.41) is 2.63. The number of carbonyl (C=O) groups excluding carboxylic acids is 2. The van der Waals surface area contributed by atoms with Gasteiger partial charge in [-0.05, 0) is 24.5 Å². The third-order valence-electron chi connectivity index (χ3n) is 3.76. The molecule has 0 saturated carbocycles. The third-order valence-corrected chi connectivity index (χ3v) is 3.76. The van der Waals surface area contributed by atoms with Gasteiger partial charge in [-0.2, -0.15) is 0 Å². The van der Waals surface area contributed by atoms with Crippen LogP contribution in [0.15, 0.2) is 24.3 Å². The number of halogens is 1. The molecule has 1 fully saturated rings. The summed E-state index contributed by atoms with van der Waals surface area (Å²) in [5.41, 5.74) is 0.422. The van der Waals surface area contributed by atoms with Gasteiger partial charge in [-0.25, -0.2) is 4.39 Å². The topological polar surface area (TPSA) is 49.4 Å². The van der Waals surface area contributed by atoms with Crippen LogP contribution in [0.3, 0.4) is 0 Å². The maximum Gasteiger partial charge on any atom is 0.227 e. The van der Waals surface area contributed by atoms with Gasteiger partial charge < -0.3 is 10.2 Å². The van der Waals surface area contributed by atoms with E-state index in [4.69, 9.17) is 0 Å². The van der Waals surface area contributed by atoms with E-state index in [1.54, 1.807) is 30.1 Å². The molecule has 0 unspecified atom stereocenters. The van der Waals surface area contributed by atoms with E-state index in [9.17, 15) is 14.0 Å². The fourth-order valence-corrected chi connectivity index (χ4v) is 2.51. The molecule has 1 aliphatic rings. The second-order valence-electron chi connectivity index (χ2n) is 5.04. The normalized spacial score (nSPS) is 16.0. The summed E-state index contributed by atoms with van der Waals surface area (Å²) in [5.74, 6) is -0.407. The summed E-state index contributed by atoms with van der Waals surface area (Å²) in [6, 6.07) is 6.33. The van der Waals surface area contributed by atoms with E-state index < -0.39 is 0 Å². The van der Waals surface area contributed by atoms with Gasteiger partial charge in [-0.1, -0.05) is 18.2 Å². The molecule has 2 rings (SSSR count). The van der Waals surface area contributed by atoms with Gasteiger partial charge in [0.25, 0.3) is 0 Å². The number of hydrogen-bond acceptors (Lipinski definition) is 2. The molecular weight excluding hydrogens is 259 g/mol. The van der Waals surface area contributed by atoms with Crippen molar-refractivity contribution in [2.45, 2.75) is 19.3 Å². The first-order chi connectivity index (χ1) is 9.61. The fraction of sp³-hybridized carbons (Fsp3) is 0.467. The summed E-state index contributed by atoms with van der Waals surface area (Å²) < 4.78 is 13.5. The van der Waals surface area contributed by atoms with Gasteiger partial charge in [-0.15, -0.1) is 0 Å². The van der Waals surface area contributed by atoms with Crippen LogP contribution in [0, 0.1) is 11.7 Å². The summed E-state index contributed by atoms with van der Waals surface area (Å²) in [6.07, 6.45) is 1.42. The van der Waals surface area contributed by atoms with Crippen LogP contribution in [0.5, 0.6) is 0 Å². The Bertz CT molecular complexity index is 496. The zero-order valence-electron chi connectivity index (χ0n) is 11.6. The number of amides is 2. The van der Waals surface area contributed by atoms with Crippen LogP contribution in [-0.2, 0) is 16.0 Å². The van der Waals surface area contributed by atoms with Crippen molar-refractivity contribution in [3.8, 4) is 0 Å². The Kier molecular flexibility index (Phi) is 4.71. The molecule has 5 heteroatoms. The van der Waals surface area contributed by atoms with Crippen molar-refractivity contribution in [3.05, 3.63) is 35.6 Å². The highest BCUT2D eigenvalue weighted by atomic mass is 19.1. The first-order valence-electron chi connectivity index (χ1n) is 6.84. The van der Waals surface area contributed by atoms with Gasteiger partial charge in [0.1, 0.15) is 5.82 Å². The van der Waals surface area contributed by atoms with Gasteiger partial charge in [0, 0.05) is 26.1 Å². The molecular formula is C15H19FN2O2. The molecule has 0 radical (unpaired) electrons. The van der Waals surface area contributed by atoms with E-state index in [1.807, 2.05) is 0 Å². The Morgan fingerprint density at radius 3 is 2.55 bits per heavy atom. The van der Waals surface area contributed by atoms with E-state index in [1.165, 1.54) is 6.07 Å². The Morgan fingerprint density at radius 1 is 1.30 bits per heavy atom. The molecule has 1 aromatic carbocycles. The van der Waals surface area contributed by atoms with Crippen molar-refractivity contribution < 1.29 is 14.0 Å². The Hall–Kier alpha value is -1.91. The lowest BCUT2D eigenvalue weighted by atomic mass is 9.95. The number of rotatable bonds is 3. The zero-order chi connectivity index (χ0) is 14.5. The number of carbonyl (C=O) groups is 2. The lowest BCUT2D eigenvalue weighted by Crippen LogP contribution is -2.43. The average Bonchev–Trinajstić information content (AvgIpc) is 2.49. The van der Waals surface area contributed by atoms with E-state index in [-0.39, 0.29) is 30.0 Å². The highest BCUT2D eigenvalue weighted by Gasteiger charge is 2.26. The summed E-state index contributed by atoms with van der Waals surface area (Å²) in [7, 11) is 1.62. The summed E-state index contributed by atoms with van der Waals surface area (Å²) >= 11 is 0. The van der Waals surface area contributed by atoms with Crippen LogP contribution in [0.4, 0.5) is 4.39 Å². The van der Waals surface area contributed by atoms with Gasteiger partial charge in [0.05, 0.1) is 6.42 Å². The van der Waals surface area contributed by atoms with Gasteiger partial charge in [0.2, 0.25) is 11.8 Å². The Morgan fingerprint density at radius 2 is 1.95 bits per heavy atom. The molecule has 0 bridgehead atoms. The minimum Gasteiger partial charge on any atom is -0.359 e. The maximum atomic E-state index is 13.5. The van der Waals surface area contributed by atoms with Crippen LogP contribution in [-0.4, -0.2) is 36.9 Å². The SMILES string of the molecule is CNC(=O)C1CCN(C(=O)Cc2ccccc2F)CC1.